The highest BCUT2D eigenvalue weighted by atomic mass is 127. The van der Waals surface area contributed by atoms with Crippen LogP contribution in [0, 0.1) is 21.1 Å². The second-order valence-electron chi connectivity index (χ2n) is 6.38. The van der Waals surface area contributed by atoms with Gasteiger partial charge < -0.3 is 10.0 Å². The molecule has 0 radical (unpaired) electrons. The van der Waals surface area contributed by atoms with Crippen molar-refractivity contribution in [3.63, 3.8) is 0 Å². The molecule has 1 saturated carbocycles. The molecule has 1 atom stereocenters. The van der Waals surface area contributed by atoms with Crippen molar-refractivity contribution in [1.29, 1.82) is 0 Å². The first kappa shape index (κ1) is 15.1. The Balaban J connectivity index is 2.04. The molecule has 0 bridgehead atoms. The SMILES string of the molecule is CC(C)(O)[C@@H](C1CC1)N1Cc2c(F)c(F)cc(I)c2C1=O. The highest BCUT2D eigenvalue weighted by Gasteiger charge is 2.48. The van der Waals surface area contributed by atoms with E-state index in [1.165, 1.54) is 4.90 Å². The van der Waals surface area contributed by atoms with E-state index in [2.05, 4.69) is 0 Å². The molecular weight excluding hydrogens is 391 g/mol. The van der Waals surface area contributed by atoms with Crippen LogP contribution in [0.15, 0.2) is 6.07 Å². The molecule has 0 saturated heterocycles. The van der Waals surface area contributed by atoms with Crippen LogP contribution in [-0.2, 0) is 6.54 Å². The maximum Gasteiger partial charge on any atom is 0.256 e. The Bertz CT molecular complexity index is 623. The number of fused-ring (bicyclic) bond motifs is 1. The number of halogens is 3. The number of carbonyl (C=O) groups is 1. The fourth-order valence-electron chi connectivity index (χ4n) is 3.26. The Hall–Kier alpha value is -0.760. The van der Waals surface area contributed by atoms with E-state index in [9.17, 15) is 18.7 Å². The quantitative estimate of drug-likeness (QED) is 0.618. The highest BCUT2D eigenvalue weighted by molar-refractivity contribution is 14.1. The van der Waals surface area contributed by atoms with E-state index in [1.54, 1.807) is 13.8 Å². The number of nitrogens with zero attached hydrogens (tertiary/aromatic N) is 1. The Morgan fingerprint density at radius 3 is 2.57 bits per heavy atom. The molecule has 1 N–H and O–H groups in total. The molecule has 3 rings (SSSR count). The second-order valence-corrected chi connectivity index (χ2v) is 7.54. The summed E-state index contributed by atoms with van der Waals surface area (Å²) in [7, 11) is 0. The number of aliphatic hydroxyl groups is 1. The molecule has 114 valence electrons. The first-order chi connectivity index (χ1) is 9.71. The molecule has 0 unspecified atom stereocenters. The molecule has 1 aromatic rings. The summed E-state index contributed by atoms with van der Waals surface area (Å²) in [6.07, 6.45) is 1.89. The van der Waals surface area contributed by atoms with E-state index in [0.717, 1.165) is 18.9 Å². The predicted molar refractivity (Wildman–Crippen MR) is 81.8 cm³/mol. The fraction of sp³-hybridized carbons (Fsp3) is 0.533. The standard InChI is InChI=1S/C15H16F2INO2/c1-15(2,21)13(7-3-4-7)19-6-8-11(14(19)20)10(18)5-9(16)12(8)17/h5,7,13,21H,3-4,6H2,1-2H3/t13-/m1/s1. The Labute approximate surface area is 135 Å². The number of carbonyl (C=O) groups excluding carboxylic acids is 1. The number of amides is 1. The molecule has 21 heavy (non-hydrogen) atoms. The van der Waals surface area contributed by atoms with Crippen molar-refractivity contribution in [1.82, 2.24) is 4.90 Å². The van der Waals surface area contributed by atoms with E-state index in [1.807, 2.05) is 22.6 Å². The van der Waals surface area contributed by atoms with Gasteiger partial charge in [0.1, 0.15) is 0 Å². The lowest BCUT2D eigenvalue weighted by molar-refractivity contribution is -0.0225. The van der Waals surface area contributed by atoms with Crippen LogP contribution in [0.25, 0.3) is 0 Å². The van der Waals surface area contributed by atoms with Gasteiger partial charge in [0.25, 0.3) is 5.91 Å². The minimum Gasteiger partial charge on any atom is -0.388 e. The van der Waals surface area contributed by atoms with Crippen molar-refractivity contribution < 1.29 is 18.7 Å². The van der Waals surface area contributed by atoms with Gasteiger partial charge in [-0.15, -0.1) is 0 Å². The van der Waals surface area contributed by atoms with E-state index in [4.69, 9.17) is 0 Å². The summed E-state index contributed by atoms with van der Waals surface area (Å²) in [6.45, 7) is 3.35. The van der Waals surface area contributed by atoms with Gasteiger partial charge in [-0.2, -0.15) is 0 Å². The topological polar surface area (TPSA) is 40.5 Å². The molecule has 1 amide bonds. The summed E-state index contributed by atoms with van der Waals surface area (Å²) in [6, 6.07) is 0.683. The third-order valence-electron chi connectivity index (χ3n) is 4.20. The lowest BCUT2D eigenvalue weighted by Crippen LogP contribution is -2.51. The summed E-state index contributed by atoms with van der Waals surface area (Å²) in [4.78, 5) is 14.1. The van der Waals surface area contributed by atoms with Crippen molar-refractivity contribution in [2.75, 3.05) is 0 Å². The van der Waals surface area contributed by atoms with E-state index >= 15 is 0 Å². The second kappa shape index (κ2) is 4.87. The van der Waals surface area contributed by atoms with Crippen molar-refractivity contribution in [2.24, 2.45) is 5.92 Å². The van der Waals surface area contributed by atoms with Crippen LogP contribution >= 0.6 is 22.6 Å². The summed E-state index contributed by atoms with van der Waals surface area (Å²) >= 11 is 1.85. The van der Waals surface area contributed by atoms with Gasteiger partial charge in [0.15, 0.2) is 11.6 Å². The van der Waals surface area contributed by atoms with Crippen LogP contribution in [0.3, 0.4) is 0 Å². The Morgan fingerprint density at radius 2 is 2.05 bits per heavy atom. The van der Waals surface area contributed by atoms with Gasteiger partial charge in [-0.1, -0.05) is 0 Å². The predicted octanol–water partition coefficient (Wildman–Crippen LogP) is 3.07. The van der Waals surface area contributed by atoms with Crippen molar-refractivity contribution in [2.45, 2.75) is 44.9 Å². The highest BCUT2D eigenvalue weighted by Crippen LogP contribution is 2.43. The number of benzene rings is 1. The van der Waals surface area contributed by atoms with Crippen LogP contribution in [0.2, 0.25) is 0 Å². The molecule has 1 fully saturated rings. The molecule has 6 heteroatoms. The lowest BCUT2D eigenvalue weighted by Gasteiger charge is -2.37. The van der Waals surface area contributed by atoms with Crippen molar-refractivity contribution in [3.8, 4) is 0 Å². The number of rotatable bonds is 3. The smallest absolute Gasteiger partial charge is 0.256 e. The van der Waals surface area contributed by atoms with Gasteiger partial charge in [-0.25, -0.2) is 8.78 Å². The number of hydrogen-bond acceptors (Lipinski definition) is 2. The molecule has 1 aliphatic heterocycles. The maximum atomic E-state index is 14.0. The van der Waals surface area contributed by atoms with Crippen LogP contribution in [-0.4, -0.2) is 27.6 Å². The van der Waals surface area contributed by atoms with Crippen molar-refractivity contribution in [3.05, 3.63) is 32.4 Å². The molecule has 1 aromatic carbocycles. The van der Waals surface area contributed by atoms with E-state index in [0.29, 0.717) is 3.57 Å². The normalized spacial score (nSPS) is 19.9. The lowest BCUT2D eigenvalue weighted by atomic mass is 9.93. The molecule has 3 nitrogen and oxygen atoms in total. The fourth-order valence-corrected chi connectivity index (χ4v) is 4.09. The molecule has 0 spiro atoms. The third kappa shape index (κ3) is 2.46. The summed E-state index contributed by atoms with van der Waals surface area (Å²) in [5.41, 5.74) is -0.719. The van der Waals surface area contributed by atoms with Gasteiger partial charge in [-0.3, -0.25) is 4.79 Å². The average Bonchev–Trinajstić information content (AvgIpc) is 3.10. The zero-order chi connectivity index (χ0) is 15.5. The van der Waals surface area contributed by atoms with Gasteiger partial charge >= 0.3 is 0 Å². The molecular formula is C15H16F2INO2. The third-order valence-corrected chi connectivity index (χ3v) is 5.05. The van der Waals surface area contributed by atoms with Crippen LogP contribution in [0.1, 0.15) is 42.6 Å². The molecule has 0 aromatic heterocycles. The van der Waals surface area contributed by atoms with E-state index in [-0.39, 0.29) is 35.5 Å². The first-order valence-electron chi connectivity index (χ1n) is 6.91. The largest absolute Gasteiger partial charge is 0.388 e. The summed E-state index contributed by atoms with van der Waals surface area (Å²) < 4.78 is 27.9. The summed E-state index contributed by atoms with van der Waals surface area (Å²) in [5.74, 6) is -1.97. The first-order valence-corrected chi connectivity index (χ1v) is 7.99. The van der Waals surface area contributed by atoms with Crippen LogP contribution < -0.4 is 0 Å². The van der Waals surface area contributed by atoms with Gasteiger partial charge in [0.2, 0.25) is 0 Å². The van der Waals surface area contributed by atoms with Crippen LogP contribution in [0.5, 0.6) is 0 Å². The Kier molecular flexibility index (Phi) is 3.52. The minimum absolute atomic E-state index is 0.0267. The van der Waals surface area contributed by atoms with Gasteiger partial charge in [0, 0.05) is 9.13 Å². The van der Waals surface area contributed by atoms with Gasteiger partial charge in [0.05, 0.1) is 23.8 Å². The Morgan fingerprint density at radius 1 is 1.43 bits per heavy atom. The minimum atomic E-state index is -1.07. The monoisotopic (exact) mass is 407 g/mol. The van der Waals surface area contributed by atoms with Crippen LogP contribution in [0.4, 0.5) is 8.78 Å². The molecule has 1 heterocycles. The maximum absolute atomic E-state index is 14.0. The van der Waals surface area contributed by atoms with Gasteiger partial charge in [-0.05, 0) is 61.3 Å². The zero-order valence-corrected chi connectivity index (χ0v) is 13.9. The molecule has 2 aliphatic rings. The number of hydrogen-bond donors (Lipinski definition) is 1. The molecule has 1 aliphatic carbocycles. The average molecular weight is 407 g/mol. The van der Waals surface area contributed by atoms with Crippen molar-refractivity contribution >= 4 is 28.5 Å². The zero-order valence-electron chi connectivity index (χ0n) is 11.8. The van der Waals surface area contributed by atoms with E-state index < -0.39 is 17.2 Å². The summed E-state index contributed by atoms with van der Waals surface area (Å²) in [5, 5.41) is 10.4.